The molecule has 27 heavy (non-hydrogen) atoms. The summed E-state index contributed by atoms with van der Waals surface area (Å²) < 4.78 is 1.64. The van der Waals surface area contributed by atoms with Gasteiger partial charge in [0, 0.05) is 50.8 Å². The van der Waals surface area contributed by atoms with Crippen LogP contribution in [0.2, 0.25) is 0 Å². The SMILES string of the molecule is CCn1c(C2CCN(C(=O)[C@H](Cc3cnc[nH]3)NC(C)=O)CC2)n[nH]c1=O. The molecule has 3 heterocycles. The summed E-state index contributed by atoms with van der Waals surface area (Å²) in [6.07, 6.45) is 5.02. The molecule has 10 heteroatoms. The molecule has 0 aromatic carbocycles. The van der Waals surface area contributed by atoms with Gasteiger partial charge in [0.05, 0.1) is 6.33 Å². The summed E-state index contributed by atoms with van der Waals surface area (Å²) in [4.78, 5) is 44.9. The fraction of sp³-hybridized carbons (Fsp3) is 0.588. The van der Waals surface area contributed by atoms with Gasteiger partial charge in [-0.1, -0.05) is 0 Å². The number of rotatable bonds is 6. The van der Waals surface area contributed by atoms with Gasteiger partial charge in [-0.3, -0.25) is 14.2 Å². The normalized spacial score (nSPS) is 16.3. The van der Waals surface area contributed by atoms with Gasteiger partial charge in [0.25, 0.3) is 0 Å². The van der Waals surface area contributed by atoms with E-state index in [-0.39, 0.29) is 23.4 Å². The molecule has 146 valence electrons. The molecule has 2 aromatic rings. The summed E-state index contributed by atoms with van der Waals surface area (Å²) in [6.45, 7) is 5.01. The summed E-state index contributed by atoms with van der Waals surface area (Å²) in [5.74, 6) is 0.546. The highest BCUT2D eigenvalue weighted by molar-refractivity contribution is 5.87. The third-order valence-electron chi connectivity index (χ3n) is 4.93. The molecule has 0 spiro atoms. The molecule has 10 nitrogen and oxygen atoms in total. The van der Waals surface area contributed by atoms with Crippen LogP contribution in [0.25, 0.3) is 0 Å². The number of nitrogens with zero attached hydrogens (tertiary/aromatic N) is 4. The number of aromatic nitrogens is 5. The fourth-order valence-corrected chi connectivity index (χ4v) is 3.59. The highest BCUT2D eigenvalue weighted by Crippen LogP contribution is 2.26. The Morgan fingerprint density at radius 3 is 2.70 bits per heavy atom. The summed E-state index contributed by atoms with van der Waals surface area (Å²) in [5, 5.41) is 9.40. The van der Waals surface area contributed by atoms with Crippen LogP contribution in [0.1, 0.15) is 44.1 Å². The van der Waals surface area contributed by atoms with Crippen LogP contribution in [0.3, 0.4) is 0 Å². The Hall–Kier alpha value is -2.91. The lowest BCUT2D eigenvalue weighted by Gasteiger charge is -2.34. The molecule has 1 atom stereocenters. The molecular weight excluding hydrogens is 350 g/mol. The predicted octanol–water partition coefficient (Wildman–Crippen LogP) is -0.232. The minimum absolute atomic E-state index is 0.104. The highest BCUT2D eigenvalue weighted by Gasteiger charge is 2.31. The molecule has 0 saturated carbocycles. The predicted molar refractivity (Wildman–Crippen MR) is 97.0 cm³/mol. The Kier molecular flexibility index (Phi) is 5.72. The number of piperidine rings is 1. The average Bonchev–Trinajstić information content (AvgIpc) is 3.29. The number of hydrogen-bond acceptors (Lipinski definition) is 5. The fourth-order valence-electron chi connectivity index (χ4n) is 3.59. The van der Waals surface area contributed by atoms with Crippen LogP contribution in [0.5, 0.6) is 0 Å². The monoisotopic (exact) mass is 375 g/mol. The lowest BCUT2D eigenvalue weighted by Crippen LogP contribution is -2.51. The number of nitrogens with one attached hydrogen (secondary N) is 3. The van der Waals surface area contributed by atoms with Crippen molar-refractivity contribution in [2.45, 2.75) is 51.6 Å². The molecule has 0 radical (unpaired) electrons. The summed E-state index contributed by atoms with van der Waals surface area (Å²) >= 11 is 0. The number of amides is 2. The minimum atomic E-state index is -0.626. The van der Waals surface area contributed by atoms with Gasteiger partial charge >= 0.3 is 5.69 Å². The largest absolute Gasteiger partial charge is 0.348 e. The lowest BCUT2D eigenvalue weighted by atomic mass is 9.95. The minimum Gasteiger partial charge on any atom is -0.348 e. The van der Waals surface area contributed by atoms with Crippen molar-refractivity contribution < 1.29 is 9.59 Å². The van der Waals surface area contributed by atoms with E-state index in [0.29, 0.717) is 26.1 Å². The molecule has 1 aliphatic rings. The average molecular weight is 375 g/mol. The molecule has 3 rings (SSSR count). The molecule has 2 amide bonds. The third kappa shape index (κ3) is 4.26. The van der Waals surface area contributed by atoms with Gasteiger partial charge in [-0.05, 0) is 19.8 Å². The maximum absolute atomic E-state index is 12.9. The molecule has 1 saturated heterocycles. The van der Waals surface area contributed by atoms with Gasteiger partial charge in [0.1, 0.15) is 11.9 Å². The maximum Gasteiger partial charge on any atom is 0.343 e. The third-order valence-corrected chi connectivity index (χ3v) is 4.93. The second-order valence-corrected chi connectivity index (χ2v) is 6.76. The van der Waals surface area contributed by atoms with Crippen molar-refractivity contribution in [2.24, 2.45) is 0 Å². The first kappa shape index (κ1) is 18.9. The quantitative estimate of drug-likeness (QED) is 0.642. The van der Waals surface area contributed by atoms with Crippen molar-refractivity contribution in [3.05, 3.63) is 34.5 Å². The first-order valence-electron chi connectivity index (χ1n) is 9.17. The van der Waals surface area contributed by atoms with Crippen molar-refractivity contribution in [2.75, 3.05) is 13.1 Å². The number of carbonyl (C=O) groups is 2. The first-order chi connectivity index (χ1) is 13.0. The summed E-state index contributed by atoms with van der Waals surface area (Å²) in [7, 11) is 0. The molecule has 0 aliphatic carbocycles. The van der Waals surface area contributed by atoms with Crippen molar-refractivity contribution in [1.29, 1.82) is 0 Å². The number of imidazole rings is 1. The topological polar surface area (TPSA) is 129 Å². The van der Waals surface area contributed by atoms with E-state index in [9.17, 15) is 14.4 Å². The molecular formula is C17H25N7O3. The van der Waals surface area contributed by atoms with Crippen molar-refractivity contribution >= 4 is 11.8 Å². The summed E-state index contributed by atoms with van der Waals surface area (Å²) in [5.41, 5.74) is 0.594. The lowest BCUT2D eigenvalue weighted by molar-refractivity contribution is -0.137. The van der Waals surface area contributed by atoms with E-state index < -0.39 is 6.04 Å². The molecule has 3 N–H and O–H groups in total. The van der Waals surface area contributed by atoms with E-state index in [2.05, 4.69) is 25.5 Å². The van der Waals surface area contributed by atoms with E-state index >= 15 is 0 Å². The Morgan fingerprint density at radius 1 is 1.37 bits per heavy atom. The Morgan fingerprint density at radius 2 is 2.11 bits per heavy atom. The van der Waals surface area contributed by atoms with Crippen LogP contribution in [0, 0.1) is 0 Å². The molecule has 0 unspecified atom stereocenters. The van der Waals surface area contributed by atoms with E-state index in [1.54, 1.807) is 22.0 Å². The maximum atomic E-state index is 12.9. The van der Waals surface area contributed by atoms with E-state index in [1.165, 1.54) is 6.92 Å². The van der Waals surface area contributed by atoms with Crippen molar-refractivity contribution in [1.82, 2.24) is 34.9 Å². The number of H-pyrrole nitrogens is 2. The van der Waals surface area contributed by atoms with E-state index in [1.807, 2.05) is 6.92 Å². The van der Waals surface area contributed by atoms with Gasteiger partial charge < -0.3 is 15.2 Å². The first-order valence-corrected chi connectivity index (χ1v) is 9.17. The highest BCUT2D eigenvalue weighted by atomic mass is 16.2. The van der Waals surface area contributed by atoms with Crippen LogP contribution in [-0.4, -0.2) is 60.6 Å². The summed E-state index contributed by atoms with van der Waals surface area (Å²) in [6, 6.07) is -0.626. The van der Waals surface area contributed by atoms with Crippen LogP contribution in [-0.2, 0) is 22.6 Å². The Bertz CT molecular complexity index is 831. The molecule has 1 aliphatic heterocycles. The number of likely N-dealkylation sites (tertiary alicyclic amines) is 1. The van der Waals surface area contributed by atoms with E-state index in [0.717, 1.165) is 24.4 Å². The number of hydrogen-bond donors (Lipinski definition) is 3. The van der Waals surface area contributed by atoms with Crippen LogP contribution in [0.15, 0.2) is 17.3 Å². The Balaban J connectivity index is 1.65. The standard InChI is InChI=1S/C17H25N7O3/c1-3-24-15(21-22-17(24)27)12-4-6-23(7-5-12)16(26)14(20-11(2)25)8-13-9-18-10-19-13/h9-10,12,14H,3-8H2,1-2H3,(H,18,19)(H,20,25)(H,22,27)/t14-/m0/s1. The molecule has 0 bridgehead atoms. The van der Waals surface area contributed by atoms with Crippen LogP contribution in [0.4, 0.5) is 0 Å². The zero-order valence-corrected chi connectivity index (χ0v) is 15.6. The zero-order valence-electron chi connectivity index (χ0n) is 15.6. The van der Waals surface area contributed by atoms with Crippen LogP contribution < -0.4 is 11.0 Å². The zero-order chi connectivity index (χ0) is 19.4. The number of carbonyl (C=O) groups excluding carboxylic acids is 2. The smallest absolute Gasteiger partial charge is 0.343 e. The van der Waals surface area contributed by atoms with E-state index in [4.69, 9.17) is 0 Å². The molecule has 1 fully saturated rings. The van der Waals surface area contributed by atoms with Gasteiger partial charge in [-0.15, -0.1) is 0 Å². The van der Waals surface area contributed by atoms with Crippen molar-refractivity contribution in [3.63, 3.8) is 0 Å². The van der Waals surface area contributed by atoms with Crippen molar-refractivity contribution in [3.8, 4) is 0 Å². The second-order valence-electron chi connectivity index (χ2n) is 6.76. The molecule has 2 aromatic heterocycles. The Labute approximate surface area is 156 Å². The van der Waals surface area contributed by atoms with Gasteiger partial charge in [0.15, 0.2) is 0 Å². The van der Waals surface area contributed by atoms with Gasteiger partial charge in [0.2, 0.25) is 11.8 Å². The van der Waals surface area contributed by atoms with Crippen LogP contribution >= 0.6 is 0 Å². The van der Waals surface area contributed by atoms with Gasteiger partial charge in [-0.25, -0.2) is 14.9 Å². The number of aromatic amines is 2. The van der Waals surface area contributed by atoms with Gasteiger partial charge in [-0.2, -0.15) is 5.10 Å². The second kappa shape index (κ2) is 8.19.